The molecule has 0 N–H and O–H groups in total. The van der Waals surface area contributed by atoms with E-state index in [-0.39, 0.29) is 11.8 Å². The average molecular weight is 423 g/mol. The Kier molecular flexibility index (Phi) is 5.14. The Balaban J connectivity index is 1.58. The van der Waals surface area contributed by atoms with Crippen LogP contribution in [0.1, 0.15) is 27.8 Å². The molecule has 0 spiro atoms. The molecule has 2 amide bonds. The SMILES string of the molecule is Cc1ccc(C2=C(N3CCc4ccccc43)C(=O)N(CCc3ccccc3)C2=O)c(C)c1. The molecule has 3 aromatic carbocycles. The zero-order valence-electron chi connectivity index (χ0n) is 18.5. The van der Waals surface area contributed by atoms with Crippen molar-refractivity contribution in [3.05, 3.63) is 106 Å². The van der Waals surface area contributed by atoms with Gasteiger partial charge in [-0.05, 0) is 55.0 Å². The van der Waals surface area contributed by atoms with Gasteiger partial charge in [0.1, 0.15) is 5.70 Å². The fourth-order valence-corrected chi connectivity index (χ4v) is 4.81. The standard InChI is InChI=1S/C28H26N2O2/c1-19-12-13-23(20(2)18-19)25-26(29-17-15-22-10-6-7-11-24(22)29)28(32)30(27(25)31)16-14-21-8-4-3-5-9-21/h3-13,18H,14-17H2,1-2H3. The largest absolute Gasteiger partial charge is 0.336 e. The van der Waals surface area contributed by atoms with Crippen molar-refractivity contribution in [1.82, 2.24) is 4.90 Å². The summed E-state index contributed by atoms with van der Waals surface area (Å²) >= 11 is 0. The molecular formula is C28H26N2O2. The molecule has 5 rings (SSSR count). The molecule has 4 heteroatoms. The summed E-state index contributed by atoms with van der Waals surface area (Å²) in [6, 6.07) is 24.2. The van der Waals surface area contributed by atoms with Crippen LogP contribution in [0, 0.1) is 13.8 Å². The Labute approximate surface area is 188 Å². The maximum Gasteiger partial charge on any atom is 0.278 e. The number of nitrogens with zero attached hydrogens (tertiary/aromatic N) is 2. The monoisotopic (exact) mass is 422 g/mol. The maximum atomic E-state index is 13.7. The van der Waals surface area contributed by atoms with Gasteiger partial charge in [-0.25, -0.2) is 0 Å². The number of fused-ring (bicyclic) bond motifs is 1. The van der Waals surface area contributed by atoms with Crippen LogP contribution >= 0.6 is 0 Å². The van der Waals surface area contributed by atoms with E-state index < -0.39 is 0 Å². The van der Waals surface area contributed by atoms with Crippen LogP contribution in [0.2, 0.25) is 0 Å². The number of amides is 2. The van der Waals surface area contributed by atoms with Gasteiger partial charge in [-0.3, -0.25) is 14.5 Å². The third kappa shape index (κ3) is 3.42. The predicted octanol–water partition coefficient (Wildman–Crippen LogP) is 4.69. The number of carbonyl (C=O) groups is 2. The number of para-hydroxylation sites is 1. The molecule has 2 heterocycles. The lowest BCUT2D eigenvalue weighted by Crippen LogP contribution is -2.36. The van der Waals surface area contributed by atoms with E-state index in [2.05, 4.69) is 12.1 Å². The second-order valence-corrected chi connectivity index (χ2v) is 8.57. The number of carbonyl (C=O) groups excluding carboxylic acids is 2. The van der Waals surface area contributed by atoms with Crippen molar-refractivity contribution in [2.24, 2.45) is 0 Å². The predicted molar refractivity (Wildman–Crippen MR) is 127 cm³/mol. The molecule has 32 heavy (non-hydrogen) atoms. The highest BCUT2D eigenvalue weighted by atomic mass is 16.2. The van der Waals surface area contributed by atoms with E-state index in [1.54, 1.807) is 0 Å². The lowest BCUT2D eigenvalue weighted by atomic mass is 9.97. The molecular weight excluding hydrogens is 396 g/mol. The van der Waals surface area contributed by atoms with E-state index in [0.29, 0.717) is 30.8 Å². The van der Waals surface area contributed by atoms with Crippen molar-refractivity contribution < 1.29 is 9.59 Å². The third-order valence-corrected chi connectivity index (χ3v) is 6.42. The lowest BCUT2D eigenvalue weighted by molar-refractivity contribution is -0.136. The topological polar surface area (TPSA) is 40.6 Å². The average Bonchev–Trinajstić information content (AvgIpc) is 3.32. The van der Waals surface area contributed by atoms with Gasteiger partial charge < -0.3 is 4.90 Å². The van der Waals surface area contributed by atoms with Gasteiger partial charge in [0, 0.05) is 18.8 Å². The maximum absolute atomic E-state index is 13.7. The molecule has 0 aliphatic carbocycles. The first-order chi connectivity index (χ1) is 15.5. The Morgan fingerprint density at radius 3 is 2.38 bits per heavy atom. The van der Waals surface area contributed by atoms with Gasteiger partial charge in [0.15, 0.2) is 0 Å². The van der Waals surface area contributed by atoms with Crippen LogP contribution < -0.4 is 4.90 Å². The van der Waals surface area contributed by atoms with Crippen molar-refractivity contribution in [3.8, 4) is 0 Å². The second-order valence-electron chi connectivity index (χ2n) is 8.57. The van der Waals surface area contributed by atoms with Crippen molar-refractivity contribution >= 4 is 23.1 Å². The highest BCUT2D eigenvalue weighted by Gasteiger charge is 2.43. The van der Waals surface area contributed by atoms with Crippen LogP contribution in [-0.4, -0.2) is 29.8 Å². The molecule has 3 aromatic rings. The minimum absolute atomic E-state index is 0.197. The minimum atomic E-state index is -0.197. The van der Waals surface area contributed by atoms with Gasteiger partial charge in [0.05, 0.1) is 5.57 Å². The van der Waals surface area contributed by atoms with Crippen LogP contribution in [0.3, 0.4) is 0 Å². The number of imide groups is 1. The van der Waals surface area contributed by atoms with E-state index in [1.807, 2.05) is 79.4 Å². The van der Waals surface area contributed by atoms with Crippen LogP contribution in [0.4, 0.5) is 5.69 Å². The minimum Gasteiger partial charge on any atom is -0.336 e. The van der Waals surface area contributed by atoms with Gasteiger partial charge in [0.2, 0.25) is 0 Å². The molecule has 2 aliphatic heterocycles. The summed E-state index contributed by atoms with van der Waals surface area (Å²) < 4.78 is 0. The fourth-order valence-electron chi connectivity index (χ4n) is 4.81. The zero-order valence-corrected chi connectivity index (χ0v) is 18.5. The van der Waals surface area contributed by atoms with Gasteiger partial charge in [0.25, 0.3) is 11.8 Å². The summed E-state index contributed by atoms with van der Waals surface area (Å²) in [6.07, 6.45) is 1.51. The summed E-state index contributed by atoms with van der Waals surface area (Å²) in [5.41, 5.74) is 7.38. The van der Waals surface area contributed by atoms with E-state index in [9.17, 15) is 9.59 Å². The second kappa shape index (κ2) is 8.12. The van der Waals surface area contributed by atoms with Crippen LogP contribution in [0.25, 0.3) is 5.57 Å². The smallest absolute Gasteiger partial charge is 0.278 e. The Hall–Kier alpha value is -3.66. The summed E-state index contributed by atoms with van der Waals surface area (Å²) in [5, 5.41) is 0. The van der Waals surface area contributed by atoms with Gasteiger partial charge in [-0.15, -0.1) is 0 Å². The molecule has 0 radical (unpaired) electrons. The third-order valence-electron chi connectivity index (χ3n) is 6.42. The van der Waals surface area contributed by atoms with Crippen LogP contribution in [0.15, 0.2) is 78.5 Å². The summed E-state index contributed by atoms with van der Waals surface area (Å²) in [5.74, 6) is -0.394. The Bertz CT molecular complexity index is 1240. The number of aryl methyl sites for hydroxylation is 2. The molecule has 0 atom stereocenters. The highest BCUT2D eigenvalue weighted by Crippen LogP contribution is 2.39. The number of hydrogen-bond acceptors (Lipinski definition) is 3. The molecule has 0 saturated heterocycles. The van der Waals surface area contributed by atoms with E-state index in [4.69, 9.17) is 0 Å². The van der Waals surface area contributed by atoms with Crippen molar-refractivity contribution in [2.75, 3.05) is 18.0 Å². The normalized spacial score (nSPS) is 15.7. The van der Waals surface area contributed by atoms with Crippen molar-refractivity contribution in [2.45, 2.75) is 26.7 Å². The molecule has 160 valence electrons. The molecule has 0 saturated carbocycles. The molecule has 2 aliphatic rings. The molecule has 0 fully saturated rings. The molecule has 4 nitrogen and oxygen atoms in total. The van der Waals surface area contributed by atoms with E-state index in [1.165, 1.54) is 10.5 Å². The molecule has 0 unspecified atom stereocenters. The quantitative estimate of drug-likeness (QED) is 0.560. The van der Waals surface area contributed by atoms with Crippen LogP contribution in [-0.2, 0) is 22.4 Å². The van der Waals surface area contributed by atoms with Gasteiger partial charge in [-0.1, -0.05) is 72.3 Å². The number of hydrogen-bond donors (Lipinski definition) is 0. The fraction of sp³-hybridized carbons (Fsp3) is 0.214. The van der Waals surface area contributed by atoms with Crippen molar-refractivity contribution in [3.63, 3.8) is 0 Å². The van der Waals surface area contributed by atoms with Gasteiger partial charge in [-0.2, -0.15) is 0 Å². The van der Waals surface area contributed by atoms with E-state index >= 15 is 0 Å². The highest BCUT2D eigenvalue weighted by molar-refractivity contribution is 6.37. The Morgan fingerprint density at radius 1 is 0.844 bits per heavy atom. The zero-order chi connectivity index (χ0) is 22.2. The summed E-state index contributed by atoms with van der Waals surface area (Å²) in [7, 11) is 0. The number of anilines is 1. The lowest BCUT2D eigenvalue weighted by Gasteiger charge is -2.22. The first-order valence-electron chi connectivity index (χ1n) is 11.1. The summed E-state index contributed by atoms with van der Waals surface area (Å²) in [4.78, 5) is 30.9. The Morgan fingerprint density at radius 2 is 1.59 bits per heavy atom. The van der Waals surface area contributed by atoms with E-state index in [0.717, 1.165) is 34.4 Å². The first-order valence-corrected chi connectivity index (χ1v) is 11.1. The number of rotatable bonds is 5. The molecule has 0 bridgehead atoms. The first kappa shape index (κ1) is 20.3. The number of benzene rings is 3. The molecule has 0 aromatic heterocycles. The van der Waals surface area contributed by atoms with Crippen LogP contribution in [0.5, 0.6) is 0 Å². The summed E-state index contributed by atoms with van der Waals surface area (Å²) in [6.45, 7) is 5.12. The van der Waals surface area contributed by atoms with Crippen molar-refractivity contribution in [1.29, 1.82) is 0 Å². The van der Waals surface area contributed by atoms with Gasteiger partial charge >= 0.3 is 0 Å².